The molecule has 1 aliphatic heterocycles. The number of para-hydroxylation sites is 1. The lowest BCUT2D eigenvalue weighted by molar-refractivity contribution is -0.147. The van der Waals surface area contributed by atoms with E-state index in [0.29, 0.717) is 10.6 Å². The molecule has 2 aromatic rings. The van der Waals surface area contributed by atoms with Gasteiger partial charge in [-0.15, -0.1) is 0 Å². The van der Waals surface area contributed by atoms with Crippen LogP contribution in [0.1, 0.15) is 25.3 Å². The number of esters is 1. The molecule has 3 atom stereocenters. The van der Waals surface area contributed by atoms with Crippen molar-refractivity contribution in [1.29, 1.82) is 5.26 Å². The average molecular weight is 473 g/mol. The van der Waals surface area contributed by atoms with Crippen LogP contribution in [-0.4, -0.2) is 23.4 Å². The highest BCUT2D eigenvalue weighted by molar-refractivity contribution is 7.88. The Hall–Kier alpha value is -3.51. The van der Waals surface area contributed by atoms with Gasteiger partial charge in [0, 0.05) is 33.2 Å². The lowest BCUT2D eigenvalue weighted by atomic mass is 9.76. The number of ether oxygens (including phenoxy) is 2. The topological polar surface area (TPSA) is 88.4 Å². The maximum Gasteiger partial charge on any atom is 0.387 e. The molecule has 1 aliphatic rings. The largest absolute Gasteiger partial charge is 0.465 e. The molecule has 0 radical (unpaired) electrons. The molecule has 0 spiro atoms. The van der Waals surface area contributed by atoms with Crippen LogP contribution in [0.2, 0.25) is 0 Å². The van der Waals surface area contributed by atoms with E-state index in [1.165, 1.54) is 23.6 Å². The number of hydrogen-bond donors (Lipinski definition) is 1. The van der Waals surface area contributed by atoms with Gasteiger partial charge in [0.2, 0.25) is 0 Å². The van der Waals surface area contributed by atoms with E-state index in [1.54, 1.807) is 50.2 Å². The SMILES string of the molecule is CCOC(=O)[C@@H]1/C(=C/S(=O)c2ccccc2)NC(C)=C(C#N)[C@H]1c1ccccc1OC(F)F. The predicted molar refractivity (Wildman–Crippen MR) is 118 cm³/mol. The first-order valence-corrected chi connectivity index (χ1v) is 11.3. The van der Waals surface area contributed by atoms with Gasteiger partial charge < -0.3 is 14.8 Å². The molecule has 172 valence electrons. The van der Waals surface area contributed by atoms with Gasteiger partial charge in [-0.3, -0.25) is 4.79 Å². The van der Waals surface area contributed by atoms with Gasteiger partial charge in [0.25, 0.3) is 0 Å². The van der Waals surface area contributed by atoms with Gasteiger partial charge in [-0.1, -0.05) is 36.4 Å². The third-order valence-electron chi connectivity index (χ3n) is 5.06. The van der Waals surface area contributed by atoms with Gasteiger partial charge in [0.15, 0.2) is 0 Å². The highest BCUT2D eigenvalue weighted by Crippen LogP contribution is 2.44. The monoisotopic (exact) mass is 472 g/mol. The Morgan fingerprint density at radius 2 is 1.88 bits per heavy atom. The number of nitrogens with zero attached hydrogens (tertiary/aromatic N) is 1. The molecular weight excluding hydrogens is 450 g/mol. The number of carbonyl (C=O) groups is 1. The average Bonchev–Trinajstić information content (AvgIpc) is 2.79. The standard InChI is InChI=1S/C24H22F2N2O4S/c1-3-31-23(29)22-19(14-33(30)16-9-5-4-6-10-16)28-15(2)18(13-27)21(22)17-11-7-8-12-20(17)32-24(25)26/h4-12,14,21-22,24,28H,3H2,1-2H3/b19-14-/t21-,22-,33?/m1/s1. The molecule has 0 amide bonds. The van der Waals surface area contributed by atoms with Crippen LogP contribution in [0.15, 0.2) is 81.9 Å². The van der Waals surface area contributed by atoms with Crippen LogP contribution in [0, 0.1) is 17.2 Å². The smallest absolute Gasteiger partial charge is 0.387 e. The predicted octanol–water partition coefficient (Wildman–Crippen LogP) is 4.60. The van der Waals surface area contributed by atoms with Crippen molar-refractivity contribution in [3.05, 3.63) is 82.5 Å². The summed E-state index contributed by atoms with van der Waals surface area (Å²) in [7, 11) is -1.63. The summed E-state index contributed by atoms with van der Waals surface area (Å²) >= 11 is 0. The second-order valence-corrected chi connectivity index (χ2v) is 8.38. The number of rotatable bonds is 7. The van der Waals surface area contributed by atoms with E-state index in [0.717, 1.165) is 0 Å². The number of benzene rings is 2. The van der Waals surface area contributed by atoms with Crippen molar-refractivity contribution < 1.29 is 27.3 Å². The fourth-order valence-corrected chi connectivity index (χ4v) is 4.70. The molecule has 2 aromatic carbocycles. The van der Waals surface area contributed by atoms with E-state index in [1.807, 2.05) is 0 Å². The molecule has 1 heterocycles. The third-order valence-corrected chi connectivity index (χ3v) is 6.26. The van der Waals surface area contributed by atoms with Crippen molar-refractivity contribution in [3.63, 3.8) is 0 Å². The van der Waals surface area contributed by atoms with Crippen molar-refractivity contribution in [3.8, 4) is 11.8 Å². The summed E-state index contributed by atoms with van der Waals surface area (Å²) in [6.07, 6.45) is 0. The minimum atomic E-state index is -3.09. The lowest BCUT2D eigenvalue weighted by Crippen LogP contribution is -2.38. The molecule has 33 heavy (non-hydrogen) atoms. The van der Waals surface area contributed by atoms with Crippen LogP contribution in [0.3, 0.4) is 0 Å². The Kier molecular flexibility index (Phi) is 7.96. The lowest BCUT2D eigenvalue weighted by Gasteiger charge is -2.34. The van der Waals surface area contributed by atoms with Gasteiger partial charge >= 0.3 is 12.6 Å². The molecule has 0 fully saturated rings. The summed E-state index contributed by atoms with van der Waals surface area (Å²) in [4.78, 5) is 13.6. The van der Waals surface area contributed by atoms with Gasteiger partial charge in [-0.25, -0.2) is 4.21 Å². The maximum absolute atomic E-state index is 13.1. The van der Waals surface area contributed by atoms with Crippen LogP contribution in [-0.2, 0) is 20.3 Å². The number of nitrogens with one attached hydrogen (secondary N) is 1. The fourth-order valence-electron chi connectivity index (χ4n) is 3.71. The minimum absolute atomic E-state index is 0.0663. The number of hydrogen-bond acceptors (Lipinski definition) is 6. The Morgan fingerprint density at radius 1 is 1.21 bits per heavy atom. The number of allylic oxidation sites excluding steroid dienone is 2. The van der Waals surface area contributed by atoms with Gasteiger partial charge in [-0.05, 0) is 32.0 Å². The molecule has 0 bridgehead atoms. The molecule has 0 saturated carbocycles. The van der Waals surface area contributed by atoms with E-state index < -0.39 is 35.2 Å². The van der Waals surface area contributed by atoms with E-state index >= 15 is 0 Å². The number of alkyl halides is 2. The van der Waals surface area contributed by atoms with Crippen molar-refractivity contribution in [2.24, 2.45) is 5.92 Å². The fraction of sp³-hybridized carbons (Fsp3) is 0.250. The maximum atomic E-state index is 13.1. The Balaban J connectivity index is 2.20. The number of halogens is 2. The quantitative estimate of drug-likeness (QED) is 0.593. The highest BCUT2D eigenvalue weighted by Gasteiger charge is 2.42. The number of carbonyl (C=O) groups excluding carboxylic acids is 1. The summed E-state index contributed by atoms with van der Waals surface area (Å²) in [5.74, 6) is -2.95. The van der Waals surface area contributed by atoms with Gasteiger partial charge in [0.1, 0.15) is 11.7 Å². The van der Waals surface area contributed by atoms with Crippen LogP contribution in [0.4, 0.5) is 8.78 Å². The summed E-state index contributed by atoms with van der Waals surface area (Å²) in [6, 6.07) is 16.7. The zero-order chi connectivity index (χ0) is 24.0. The molecular formula is C24H22F2N2O4S. The molecule has 3 rings (SSSR count). The second kappa shape index (κ2) is 10.9. The summed E-state index contributed by atoms with van der Waals surface area (Å²) < 4.78 is 49.1. The zero-order valence-electron chi connectivity index (χ0n) is 18.0. The molecule has 0 aliphatic carbocycles. The van der Waals surface area contributed by atoms with Crippen molar-refractivity contribution in [1.82, 2.24) is 5.32 Å². The molecule has 1 N–H and O–H groups in total. The molecule has 0 aromatic heterocycles. The highest BCUT2D eigenvalue weighted by atomic mass is 32.2. The van der Waals surface area contributed by atoms with Gasteiger partial charge in [-0.2, -0.15) is 14.0 Å². The normalized spacial score (nSPS) is 20.2. The molecule has 0 saturated heterocycles. The van der Waals surface area contributed by atoms with Gasteiger partial charge in [0.05, 0.1) is 29.0 Å². The molecule has 6 nitrogen and oxygen atoms in total. The minimum Gasteiger partial charge on any atom is -0.465 e. The van der Waals surface area contributed by atoms with Crippen molar-refractivity contribution >= 4 is 16.8 Å². The molecule has 9 heteroatoms. The van der Waals surface area contributed by atoms with Crippen LogP contribution >= 0.6 is 0 Å². The van der Waals surface area contributed by atoms with Crippen LogP contribution in [0.25, 0.3) is 0 Å². The summed E-state index contributed by atoms with van der Waals surface area (Å²) in [5.41, 5.74) is 1.06. The van der Waals surface area contributed by atoms with Crippen LogP contribution in [0.5, 0.6) is 5.75 Å². The van der Waals surface area contributed by atoms with E-state index in [4.69, 9.17) is 4.74 Å². The Bertz CT molecular complexity index is 1140. The molecule has 1 unspecified atom stereocenters. The zero-order valence-corrected chi connectivity index (χ0v) is 18.8. The first kappa shape index (κ1) is 24.1. The van der Waals surface area contributed by atoms with Crippen molar-refractivity contribution in [2.75, 3.05) is 6.61 Å². The summed E-state index contributed by atoms with van der Waals surface area (Å²) in [5, 5.41) is 14.3. The number of nitriles is 1. The van der Waals surface area contributed by atoms with E-state index in [-0.39, 0.29) is 29.2 Å². The van der Waals surface area contributed by atoms with Crippen LogP contribution < -0.4 is 10.1 Å². The third kappa shape index (κ3) is 5.46. The second-order valence-electron chi connectivity index (χ2n) is 7.08. The Labute approximate surface area is 193 Å². The van der Waals surface area contributed by atoms with E-state index in [9.17, 15) is 23.0 Å². The Morgan fingerprint density at radius 3 is 2.52 bits per heavy atom. The van der Waals surface area contributed by atoms with Crippen molar-refractivity contribution in [2.45, 2.75) is 31.3 Å². The van der Waals surface area contributed by atoms with E-state index in [2.05, 4.69) is 16.1 Å². The first-order valence-electron chi connectivity index (χ1n) is 10.1. The summed E-state index contributed by atoms with van der Waals surface area (Å²) in [6.45, 7) is 0.235. The first-order chi connectivity index (χ1) is 15.9.